The third-order valence-electron chi connectivity index (χ3n) is 3.70. The monoisotopic (exact) mass is 278 g/mol. The van der Waals surface area contributed by atoms with E-state index in [1.54, 1.807) is 0 Å². The number of rotatable bonds is 7. The van der Waals surface area contributed by atoms with Crippen molar-refractivity contribution in [3.63, 3.8) is 0 Å². The van der Waals surface area contributed by atoms with E-state index in [0.717, 1.165) is 50.5 Å². The maximum Gasteiger partial charge on any atom is 0.137 e. The molecule has 1 fully saturated rings. The van der Waals surface area contributed by atoms with Crippen LogP contribution in [0.25, 0.3) is 0 Å². The van der Waals surface area contributed by atoms with E-state index in [4.69, 9.17) is 4.74 Å². The van der Waals surface area contributed by atoms with Crippen molar-refractivity contribution in [2.75, 3.05) is 39.3 Å². The van der Waals surface area contributed by atoms with Crippen molar-refractivity contribution < 1.29 is 20.1 Å². The molecule has 1 aliphatic heterocycles. The molecule has 20 heavy (non-hydrogen) atoms. The number of benzene rings is 1. The number of nitrogens with two attached hydrogens (primary N) is 1. The Labute approximate surface area is 121 Å². The molecular formula is C16H26N2O2+2. The van der Waals surface area contributed by atoms with Crippen LogP contribution in [0.3, 0.4) is 0 Å². The quantitative estimate of drug-likeness (QED) is 0.538. The van der Waals surface area contributed by atoms with Crippen LogP contribution in [0.4, 0.5) is 0 Å². The van der Waals surface area contributed by atoms with E-state index in [9.17, 15) is 5.11 Å². The summed E-state index contributed by atoms with van der Waals surface area (Å²) in [6.45, 7) is 9.47. The van der Waals surface area contributed by atoms with E-state index in [0.29, 0.717) is 6.61 Å². The number of para-hydroxylation sites is 1. The molecule has 1 aromatic rings. The lowest BCUT2D eigenvalue weighted by molar-refractivity contribution is -0.949. The van der Waals surface area contributed by atoms with E-state index in [2.05, 4.69) is 11.9 Å². The Morgan fingerprint density at radius 1 is 1.35 bits per heavy atom. The summed E-state index contributed by atoms with van der Waals surface area (Å²) in [4.78, 5) is 1.47. The van der Waals surface area contributed by atoms with Crippen LogP contribution in [0.5, 0.6) is 5.75 Å². The molecule has 0 amide bonds. The van der Waals surface area contributed by atoms with Gasteiger partial charge in [0.05, 0.1) is 0 Å². The molecule has 1 aliphatic rings. The average Bonchev–Trinajstić information content (AvgIpc) is 2.48. The maximum absolute atomic E-state index is 10.1. The number of aliphatic hydroxyl groups is 1. The van der Waals surface area contributed by atoms with Crippen molar-refractivity contribution in [3.8, 4) is 5.75 Å². The van der Waals surface area contributed by atoms with Crippen molar-refractivity contribution in [2.24, 2.45) is 0 Å². The first-order chi connectivity index (χ1) is 9.79. The Morgan fingerprint density at radius 3 is 2.85 bits per heavy atom. The summed E-state index contributed by atoms with van der Waals surface area (Å²) < 4.78 is 5.77. The van der Waals surface area contributed by atoms with Gasteiger partial charge in [0.1, 0.15) is 51.2 Å². The number of aliphatic hydroxyl groups excluding tert-OH is 1. The number of piperazine rings is 1. The first-order valence-electron chi connectivity index (χ1n) is 7.44. The highest BCUT2D eigenvalue weighted by Gasteiger charge is 2.19. The molecule has 0 radical (unpaired) electrons. The number of ether oxygens (including phenoxy) is 1. The van der Waals surface area contributed by atoms with Gasteiger partial charge in [-0.3, -0.25) is 0 Å². The lowest BCUT2D eigenvalue weighted by Crippen LogP contribution is -3.21. The fourth-order valence-corrected chi connectivity index (χ4v) is 2.63. The molecule has 4 heteroatoms. The third kappa shape index (κ3) is 4.63. The summed E-state index contributed by atoms with van der Waals surface area (Å²) in [5.74, 6) is 0.855. The van der Waals surface area contributed by atoms with Gasteiger partial charge in [0.2, 0.25) is 0 Å². The number of hydrogen-bond acceptors (Lipinski definition) is 2. The Bertz CT molecular complexity index is 417. The molecule has 1 atom stereocenters. The van der Waals surface area contributed by atoms with Gasteiger partial charge >= 0.3 is 0 Å². The average molecular weight is 278 g/mol. The zero-order valence-corrected chi connectivity index (χ0v) is 12.1. The Kier molecular flexibility index (Phi) is 6.05. The molecule has 0 aliphatic carbocycles. The van der Waals surface area contributed by atoms with Crippen LogP contribution in [0, 0.1) is 0 Å². The van der Waals surface area contributed by atoms with Crippen molar-refractivity contribution in [1.82, 2.24) is 0 Å². The number of hydrogen-bond donors (Lipinski definition) is 3. The lowest BCUT2D eigenvalue weighted by Gasteiger charge is -2.24. The van der Waals surface area contributed by atoms with Gasteiger partial charge in [-0.05, 0) is 18.1 Å². The molecule has 0 bridgehead atoms. The van der Waals surface area contributed by atoms with Crippen LogP contribution in [0.15, 0.2) is 36.9 Å². The number of nitrogens with one attached hydrogen (secondary N) is 1. The first kappa shape index (κ1) is 15.0. The Hall–Kier alpha value is -1.36. The summed E-state index contributed by atoms with van der Waals surface area (Å²) in [6, 6.07) is 7.94. The predicted molar refractivity (Wildman–Crippen MR) is 79.1 cm³/mol. The second-order valence-corrected chi connectivity index (χ2v) is 5.39. The van der Waals surface area contributed by atoms with E-state index in [-0.39, 0.29) is 0 Å². The summed E-state index contributed by atoms with van der Waals surface area (Å²) >= 11 is 0. The molecule has 1 heterocycles. The minimum absolute atomic E-state index is 0.362. The predicted octanol–water partition coefficient (Wildman–Crippen LogP) is -1.38. The smallest absolute Gasteiger partial charge is 0.137 e. The SMILES string of the molecule is C=CCc1ccccc1OC[C@@H](O)C[NH+]1CC[NH2+]CC1. The summed E-state index contributed by atoms with van der Waals surface area (Å²) in [5.41, 5.74) is 1.12. The second kappa shape index (κ2) is 8.04. The van der Waals surface area contributed by atoms with Gasteiger partial charge < -0.3 is 20.1 Å². The van der Waals surface area contributed by atoms with Gasteiger partial charge in [-0.15, -0.1) is 6.58 Å². The van der Waals surface area contributed by atoms with Crippen LogP contribution >= 0.6 is 0 Å². The topological polar surface area (TPSA) is 50.5 Å². The van der Waals surface area contributed by atoms with Gasteiger partial charge in [-0.2, -0.15) is 0 Å². The van der Waals surface area contributed by atoms with Gasteiger partial charge in [0.15, 0.2) is 0 Å². The van der Waals surface area contributed by atoms with Gasteiger partial charge in [-0.1, -0.05) is 24.3 Å². The fraction of sp³-hybridized carbons (Fsp3) is 0.500. The number of allylic oxidation sites excluding steroid dienone is 1. The molecule has 4 nitrogen and oxygen atoms in total. The lowest BCUT2D eigenvalue weighted by atomic mass is 10.1. The summed E-state index contributed by atoms with van der Waals surface area (Å²) in [5, 5.41) is 12.4. The van der Waals surface area contributed by atoms with Gasteiger partial charge in [0.25, 0.3) is 0 Å². The molecule has 0 spiro atoms. The molecule has 2 rings (SSSR count). The first-order valence-corrected chi connectivity index (χ1v) is 7.44. The van der Waals surface area contributed by atoms with E-state index >= 15 is 0 Å². The minimum atomic E-state index is -0.403. The highest BCUT2D eigenvalue weighted by Crippen LogP contribution is 2.18. The van der Waals surface area contributed by atoms with E-state index < -0.39 is 6.10 Å². The molecule has 1 saturated heterocycles. The summed E-state index contributed by atoms with van der Waals surface area (Å²) in [6.07, 6.45) is 2.26. The van der Waals surface area contributed by atoms with Gasteiger partial charge in [-0.25, -0.2) is 0 Å². The van der Waals surface area contributed by atoms with Crippen LogP contribution in [0.2, 0.25) is 0 Å². The van der Waals surface area contributed by atoms with Crippen LogP contribution in [-0.2, 0) is 6.42 Å². The van der Waals surface area contributed by atoms with Crippen molar-refractivity contribution >= 4 is 0 Å². The van der Waals surface area contributed by atoms with Crippen molar-refractivity contribution in [1.29, 1.82) is 0 Å². The normalized spacial score (nSPS) is 17.6. The Morgan fingerprint density at radius 2 is 2.10 bits per heavy atom. The molecular weight excluding hydrogens is 252 g/mol. The second-order valence-electron chi connectivity index (χ2n) is 5.39. The van der Waals surface area contributed by atoms with Crippen LogP contribution < -0.4 is 15.0 Å². The Balaban J connectivity index is 1.80. The standard InChI is InChI=1S/C16H24N2O2/c1-2-5-14-6-3-4-7-16(14)20-13-15(19)12-18-10-8-17-9-11-18/h2-4,6-7,15,17,19H,1,5,8-13H2/p+2/t15-/m0/s1. The molecule has 0 saturated carbocycles. The van der Waals surface area contributed by atoms with E-state index in [1.807, 2.05) is 30.3 Å². The number of quaternary nitrogens is 2. The molecule has 0 unspecified atom stereocenters. The molecule has 0 aromatic heterocycles. The maximum atomic E-state index is 10.1. The minimum Gasteiger partial charge on any atom is -0.490 e. The molecule has 4 N–H and O–H groups in total. The van der Waals surface area contributed by atoms with Crippen molar-refractivity contribution in [3.05, 3.63) is 42.5 Å². The zero-order valence-electron chi connectivity index (χ0n) is 12.1. The van der Waals surface area contributed by atoms with Crippen LogP contribution in [-0.4, -0.2) is 50.5 Å². The molecule has 1 aromatic carbocycles. The van der Waals surface area contributed by atoms with Gasteiger partial charge in [0, 0.05) is 0 Å². The van der Waals surface area contributed by atoms with Crippen molar-refractivity contribution in [2.45, 2.75) is 12.5 Å². The fourth-order valence-electron chi connectivity index (χ4n) is 2.63. The third-order valence-corrected chi connectivity index (χ3v) is 3.70. The van der Waals surface area contributed by atoms with Crippen LogP contribution in [0.1, 0.15) is 5.56 Å². The summed E-state index contributed by atoms with van der Waals surface area (Å²) in [7, 11) is 0. The highest BCUT2D eigenvalue weighted by atomic mass is 16.5. The highest BCUT2D eigenvalue weighted by molar-refractivity contribution is 5.34. The van der Waals surface area contributed by atoms with E-state index in [1.165, 1.54) is 4.90 Å². The largest absolute Gasteiger partial charge is 0.490 e. The zero-order chi connectivity index (χ0) is 14.2. The molecule has 110 valence electrons.